The van der Waals surface area contributed by atoms with E-state index in [2.05, 4.69) is 51.9 Å². The summed E-state index contributed by atoms with van der Waals surface area (Å²) in [5, 5.41) is 9.06. The van der Waals surface area contributed by atoms with Gasteiger partial charge in [-0.3, -0.25) is 14.7 Å². The molecule has 6 nitrogen and oxygen atoms in total. The van der Waals surface area contributed by atoms with Gasteiger partial charge in [-0.15, -0.1) is 35.3 Å². The van der Waals surface area contributed by atoms with Crippen molar-refractivity contribution in [1.82, 2.24) is 15.5 Å². The van der Waals surface area contributed by atoms with Gasteiger partial charge >= 0.3 is 0 Å². The number of rotatable bonds is 6. The number of aliphatic imine (C=N–C) groups is 1. The number of nitrogens with zero attached hydrogens (tertiary/aromatic N) is 2. The normalized spacial score (nSPS) is 17.0. The number of hydrogen-bond donors (Lipinski definition) is 3. The molecule has 1 amide bonds. The van der Waals surface area contributed by atoms with E-state index in [0.717, 1.165) is 38.4 Å². The Morgan fingerprint density at radius 3 is 2.64 bits per heavy atom. The molecule has 1 fully saturated rings. The van der Waals surface area contributed by atoms with Gasteiger partial charge < -0.3 is 16.4 Å². The summed E-state index contributed by atoms with van der Waals surface area (Å²) >= 11 is 1.79. The number of halogens is 1. The van der Waals surface area contributed by atoms with Gasteiger partial charge in [0, 0.05) is 43.0 Å². The SMILES string of the molecule is CN=C(NCC(C)(C)c1cccs1)NC1CCN(CC(N)=O)CC1.I. The number of nitrogens with one attached hydrogen (secondary N) is 2. The summed E-state index contributed by atoms with van der Waals surface area (Å²) in [4.78, 5) is 18.8. The van der Waals surface area contributed by atoms with E-state index in [1.54, 1.807) is 18.4 Å². The second-order valence-electron chi connectivity index (χ2n) is 6.95. The largest absolute Gasteiger partial charge is 0.369 e. The van der Waals surface area contributed by atoms with Crippen LogP contribution in [-0.2, 0) is 10.2 Å². The molecule has 0 bridgehead atoms. The van der Waals surface area contributed by atoms with Crippen LogP contribution in [0.5, 0.6) is 0 Å². The predicted molar refractivity (Wildman–Crippen MR) is 116 cm³/mol. The number of primary amides is 1. The van der Waals surface area contributed by atoms with Gasteiger partial charge in [0.05, 0.1) is 6.54 Å². The lowest BCUT2D eigenvalue weighted by atomic mass is 9.91. The molecule has 0 aromatic carbocycles. The minimum absolute atomic E-state index is 0. The third kappa shape index (κ3) is 7.10. The van der Waals surface area contributed by atoms with Gasteiger partial charge in [0.2, 0.25) is 5.91 Å². The highest BCUT2D eigenvalue weighted by Gasteiger charge is 2.24. The topological polar surface area (TPSA) is 82.8 Å². The standard InChI is InChI=1S/C17H29N5OS.HI/c1-17(2,14-5-4-10-24-14)12-20-16(19-3)21-13-6-8-22(9-7-13)11-15(18)23;/h4-5,10,13H,6-9,11-12H2,1-3H3,(H2,18,23)(H2,19,20,21);1H. The van der Waals surface area contributed by atoms with Crippen LogP contribution in [0.15, 0.2) is 22.5 Å². The Bertz CT molecular complexity index is 553. The maximum Gasteiger partial charge on any atom is 0.231 e. The van der Waals surface area contributed by atoms with Crippen LogP contribution in [0.1, 0.15) is 31.6 Å². The highest BCUT2D eigenvalue weighted by Crippen LogP contribution is 2.26. The van der Waals surface area contributed by atoms with Crippen molar-refractivity contribution in [3.05, 3.63) is 22.4 Å². The van der Waals surface area contributed by atoms with Crippen molar-refractivity contribution in [1.29, 1.82) is 0 Å². The van der Waals surface area contributed by atoms with E-state index >= 15 is 0 Å². The van der Waals surface area contributed by atoms with Crippen molar-refractivity contribution in [2.24, 2.45) is 10.7 Å². The Morgan fingerprint density at radius 1 is 1.44 bits per heavy atom. The third-order valence-electron chi connectivity index (χ3n) is 4.42. The van der Waals surface area contributed by atoms with E-state index in [-0.39, 0.29) is 35.3 Å². The number of carbonyl (C=O) groups excluding carboxylic acids is 1. The lowest BCUT2D eigenvalue weighted by Crippen LogP contribution is -2.51. The number of likely N-dealkylation sites (tertiary alicyclic amines) is 1. The molecular formula is C17H30IN5OS. The van der Waals surface area contributed by atoms with Gasteiger partial charge in [-0.25, -0.2) is 0 Å². The molecule has 1 aromatic heterocycles. The Balaban J connectivity index is 0.00000312. The van der Waals surface area contributed by atoms with Gasteiger partial charge in [-0.1, -0.05) is 19.9 Å². The summed E-state index contributed by atoms with van der Waals surface area (Å²) in [5.74, 6) is 0.586. The molecule has 1 saturated heterocycles. The van der Waals surface area contributed by atoms with Gasteiger partial charge in [-0.05, 0) is 24.3 Å². The van der Waals surface area contributed by atoms with Crippen molar-refractivity contribution in [3.8, 4) is 0 Å². The molecule has 0 atom stereocenters. The van der Waals surface area contributed by atoms with Crippen molar-refractivity contribution in [2.75, 3.05) is 33.2 Å². The summed E-state index contributed by atoms with van der Waals surface area (Å²) in [7, 11) is 1.80. The van der Waals surface area contributed by atoms with Crippen LogP contribution in [0.4, 0.5) is 0 Å². The summed E-state index contributed by atoms with van der Waals surface area (Å²) in [5.41, 5.74) is 5.32. The third-order valence-corrected chi connectivity index (χ3v) is 5.65. The Morgan fingerprint density at radius 2 is 2.12 bits per heavy atom. The van der Waals surface area contributed by atoms with Gasteiger partial charge in [0.25, 0.3) is 0 Å². The molecule has 2 rings (SSSR count). The highest BCUT2D eigenvalue weighted by molar-refractivity contribution is 14.0. The van der Waals surface area contributed by atoms with Crippen molar-refractivity contribution in [3.63, 3.8) is 0 Å². The smallest absolute Gasteiger partial charge is 0.231 e. The molecule has 0 radical (unpaired) electrons. The molecule has 25 heavy (non-hydrogen) atoms. The number of guanidine groups is 1. The summed E-state index contributed by atoms with van der Waals surface area (Å²) in [6, 6.07) is 4.65. The molecule has 1 aliphatic rings. The van der Waals surface area contributed by atoms with Crippen molar-refractivity contribution >= 4 is 47.2 Å². The first-order valence-electron chi connectivity index (χ1n) is 8.42. The van der Waals surface area contributed by atoms with E-state index in [9.17, 15) is 4.79 Å². The molecule has 0 saturated carbocycles. The highest BCUT2D eigenvalue weighted by atomic mass is 127. The van der Waals surface area contributed by atoms with Crippen LogP contribution in [0.25, 0.3) is 0 Å². The molecule has 8 heteroatoms. The second kappa shape index (κ2) is 10.3. The molecule has 142 valence electrons. The number of carbonyl (C=O) groups is 1. The van der Waals surface area contributed by atoms with E-state index < -0.39 is 0 Å². The molecule has 0 aliphatic carbocycles. The molecule has 0 unspecified atom stereocenters. The van der Waals surface area contributed by atoms with Crippen LogP contribution in [0, 0.1) is 0 Å². The minimum Gasteiger partial charge on any atom is -0.369 e. The second-order valence-corrected chi connectivity index (χ2v) is 7.90. The Hall–Kier alpha value is -0.870. The molecule has 0 spiro atoms. The lowest BCUT2D eigenvalue weighted by Gasteiger charge is -2.33. The fraction of sp³-hybridized carbons (Fsp3) is 0.647. The maximum absolute atomic E-state index is 11.0. The van der Waals surface area contributed by atoms with Crippen molar-refractivity contribution in [2.45, 2.75) is 38.1 Å². The number of hydrogen-bond acceptors (Lipinski definition) is 4. The van der Waals surface area contributed by atoms with Crippen LogP contribution < -0.4 is 16.4 Å². The molecule has 1 aromatic rings. The van der Waals surface area contributed by atoms with E-state index in [0.29, 0.717) is 12.6 Å². The first-order chi connectivity index (χ1) is 11.4. The van der Waals surface area contributed by atoms with Crippen LogP contribution in [-0.4, -0.2) is 56.0 Å². The first kappa shape index (κ1) is 22.2. The molecular weight excluding hydrogens is 449 g/mol. The number of piperidine rings is 1. The van der Waals surface area contributed by atoms with E-state index in [4.69, 9.17) is 5.73 Å². The van der Waals surface area contributed by atoms with Gasteiger partial charge in [0.1, 0.15) is 0 Å². The average molecular weight is 479 g/mol. The van der Waals surface area contributed by atoms with E-state index in [1.165, 1.54) is 4.88 Å². The molecule has 4 N–H and O–H groups in total. The first-order valence-corrected chi connectivity index (χ1v) is 9.30. The van der Waals surface area contributed by atoms with E-state index in [1.807, 2.05) is 0 Å². The molecule has 1 aliphatic heterocycles. The number of thiophene rings is 1. The van der Waals surface area contributed by atoms with Gasteiger partial charge in [0.15, 0.2) is 5.96 Å². The van der Waals surface area contributed by atoms with Crippen molar-refractivity contribution < 1.29 is 4.79 Å². The Labute approximate surface area is 171 Å². The predicted octanol–water partition coefficient (Wildman–Crippen LogP) is 1.76. The zero-order valence-corrected chi connectivity index (χ0v) is 18.4. The summed E-state index contributed by atoms with van der Waals surface area (Å²) in [6.07, 6.45) is 1.98. The average Bonchev–Trinajstić information content (AvgIpc) is 3.08. The summed E-state index contributed by atoms with van der Waals surface area (Å²) in [6.45, 7) is 7.43. The molecule has 2 heterocycles. The number of nitrogens with two attached hydrogens (primary N) is 1. The minimum atomic E-state index is -0.255. The fourth-order valence-corrected chi connectivity index (χ4v) is 3.75. The monoisotopic (exact) mass is 479 g/mol. The van der Waals surface area contributed by atoms with Crippen LogP contribution >= 0.6 is 35.3 Å². The number of amides is 1. The fourth-order valence-electron chi connectivity index (χ4n) is 2.90. The Kier molecular flexibility index (Phi) is 9.15. The lowest BCUT2D eigenvalue weighted by molar-refractivity contribution is -0.119. The summed E-state index contributed by atoms with van der Waals surface area (Å²) < 4.78 is 0. The zero-order valence-electron chi connectivity index (χ0n) is 15.2. The quantitative estimate of drug-likeness (QED) is 0.330. The zero-order chi connectivity index (χ0) is 17.6. The van der Waals surface area contributed by atoms with Crippen LogP contribution in [0.2, 0.25) is 0 Å². The van der Waals surface area contributed by atoms with Gasteiger partial charge in [-0.2, -0.15) is 0 Å². The van der Waals surface area contributed by atoms with Crippen LogP contribution in [0.3, 0.4) is 0 Å². The maximum atomic E-state index is 11.0.